The molecule has 52 valence electrons. The summed E-state index contributed by atoms with van der Waals surface area (Å²) < 4.78 is 0. The molecule has 0 unspecified atom stereocenters. The van der Waals surface area contributed by atoms with Crippen molar-refractivity contribution < 1.29 is 5.11 Å². The van der Waals surface area contributed by atoms with Crippen molar-refractivity contribution in [2.45, 2.75) is 19.3 Å². The van der Waals surface area contributed by atoms with Gasteiger partial charge in [-0.3, -0.25) is 5.41 Å². The summed E-state index contributed by atoms with van der Waals surface area (Å²) in [7, 11) is 0. The second-order valence-corrected chi connectivity index (χ2v) is 2.86. The predicted octanol–water partition coefficient (Wildman–Crippen LogP) is 0.0850. The molecule has 3 nitrogen and oxygen atoms in total. The van der Waals surface area contributed by atoms with Crippen LogP contribution >= 0.6 is 0 Å². The van der Waals surface area contributed by atoms with Gasteiger partial charge in [-0.05, 0) is 12.8 Å². The minimum Gasteiger partial charge on any atom is -0.396 e. The molecule has 1 aliphatic rings. The lowest BCUT2D eigenvalue weighted by Gasteiger charge is -2.07. The molecule has 3 heteroatoms. The van der Waals surface area contributed by atoms with E-state index in [1.807, 2.05) is 0 Å². The van der Waals surface area contributed by atoms with Gasteiger partial charge in [0.25, 0.3) is 0 Å². The summed E-state index contributed by atoms with van der Waals surface area (Å²) in [5, 5.41) is 15.7. The van der Waals surface area contributed by atoms with E-state index in [0.29, 0.717) is 6.42 Å². The van der Waals surface area contributed by atoms with E-state index in [2.05, 4.69) is 0 Å². The second kappa shape index (κ2) is 1.99. The number of aliphatic hydroxyl groups excluding tert-OH is 1. The van der Waals surface area contributed by atoms with Crippen molar-refractivity contribution in [2.75, 3.05) is 6.61 Å². The summed E-state index contributed by atoms with van der Waals surface area (Å²) in [5.41, 5.74) is 5.19. The Balaban J connectivity index is 2.33. The van der Waals surface area contributed by atoms with E-state index >= 15 is 0 Å². The molecular weight excluding hydrogens is 116 g/mol. The fourth-order valence-electron chi connectivity index (χ4n) is 0.972. The molecule has 0 aromatic heterocycles. The van der Waals surface area contributed by atoms with Crippen LogP contribution in [0, 0.1) is 10.8 Å². The molecule has 0 heterocycles. The lowest BCUT2D eigenvalue weighted by atomic mass is 10.0. The van der Waals surface area contributed by atoms with E-state index in [4.69, 9.17) is 16.2 Å². The van der Waals surface area contributed by atoms with Gasteiger partial charge in [0.05, 0.1) is 5.84 Å². The summed E-state index contributed by atoms with van der Waals surface area (Å²) in [6.45, 7) is 0.187. The second-order valence-electron chi connectivity index (χ2n) is 2.86. The Labute approximate surface area is 54.4 Å². The van der Waals surface area contributed by atoms with Gasteiger partial charge < -0.3 is 10.8 Å². The molecule has 0 amide bonds. The molecule has 1 aliphatic carbocycles. The van der Waals surface area contributed by atoms with Gasteiger partial charge in [-0.15, -0.1) is 0 Å². The molecule has 0 atom stereocenters. The molecule has 9 heavy (non-hydrogen) atoms. The zero-order valence-corrected chi connectivity index (χ0v) is 5.35. The highest BCUT2D eigenvalue weighted by Gasteiger charge is 2.42. The van der Waals surface area contributed by atoms with Gasteiger partial charge in [0.1, 0.15) is 0 Å². The molecule has 1 rings (SSSR count). The fraction of sp³-hybridized carbons (Fsp3) is 0.833. The monoisotopic (exact) mass is 128 g/mol. The molecule has 0 aliphatic heterocycles. The van der Waals surface area contributed by atoms with Crippen LogP contribution in [0.1, 0.15) is 19.3 Å². The normalized spacial score (nSPS) is 21.4. The summed E-state index contributed by atoms with van der Waals surface area (Å²) in [6, 6.07) is 0. The first-order valence-corrected chi connectivity index (χ1v) is 3.12. The fourth-order valence-corrected chi connectivity index (χ4v) is 0.972. The minimum absolute atomic E-state index is 0.0197. The highest BCUT2D eigenvalue weighted by molar-refractivity contribution is 5.78. The van der Waals surface area contributed by atoms with Gasteiger partial charge >= 0.3 is 0 Å². The van der Waals surface area contributed by atoms with Crippen molar-refractivity contribution in [2.24, 2.45) is 11.1 Å². The number of rotatable bonds is 3. The smallest absolute Gasteiger partial charge is 0.0911 e. The van der Waals surface area contributed by atoms with Crippen molar-refractivity contribution in [1.29, 1.82) is 5.41 Å². The Morgan fingerprint density at radius 1 is 1.67 bits per heavy atom. The number of hydrogen-bond donors (Lipinski definition) is 3. The first kappa shape index (κ1) is 6.55. The summed E-state index contributed by atoms with van der Waals surface area (Å²) in [6.07, 6.45) is 2.63. The third-order valence-corrected chi connectivity index (χ3v) is 1.86. The van der Waals surface area contributed by atoms with Crippen LogP contribution in [-0.2, 0) is 0 Å². The molecule has 0 bridgehead atoms. The zero-order chi connectivity index (χ0) is 6.91. The molecule has 1 saturated carbocycles. The van der Waals surface area contributed by atoms with E-state index in [9.17, 15) is 0 Å². The number of nitrogens with one attached hydrogen (secondary N) is 1. The third kappa shape index (κ3) is 1.42. The summed E-state index contributed by atoms with van der Waals surface area (Å²) in [5.74, 6) is 0.196. The average molecular weight is 128 g/mol. The Hall–Kier alpha value is -0.570. The minimum atomic E-state index is 0.0197. The molecule has 0 radical (unpaired) electrons. The number of amidine groups is 1. The predicted molar refractivity (Wildman–Crippen MR) is 35.3 cm³/mol. The molecule has 0 aromatic rings. The Morgan fingerprint density at radius 2 is 2.22 bits per heavy atom. The van der Waals surface area contributed by atoms with Crippen LogP contribution in [0.25, 0.3) is 0 Å². The van der Waals surface area contributed by atoms with Crippen LogP contribution in [0.3, 0.4) is 0 Å². The molecular formula is C6H12N2O. The van der Waals surface area contributed by atoms with Crippen LogP contribution in [-0.4, -0.2) is 17.5 Å². The van der Waals surface area contributed by atoms with Gasteiger partial charge in [0.2, 0.25) is 0 Å². The number of aliphatic hydroxyl groups is 1. The van der Waals surface area contributed by atoms with Gasteiger partial charge in [-0.25, -0.2) is 0 Å². The van der Waals surface area contributed by atoms with Gasteiger partial charge in [0, 0.05) is 18.4 Å². The summed E-state index contributed by atoms with van der Waals surface area (Å²) >= 11 is 0. The molecule has 0 saturated heterocycles. The third-order valence-electron chi connectivity index (χ3n) is 1.86. The van der Waals surface area contributed by atoms with E-state index in [-0.39, 0.29) is 17.9 Å². The van der Waals surface area contributed by atoms with Crippen LogP contribution < -0.4 is 5.73 Å². The van der Waals surface area contributed by atoms with Gasteiger partial charge in [-0.1, -0.05) is 0 Å². The first-order chi connectivity index (χ1) is 4.18. The molecule has 1 fully saturated rings. The van der Waals surface area contributed by atoms with Crippen molar-refractivity contribution in [3.05, 3.63) is 0 Å². The van der Waals surface area contributed by atoms with E-state index in [1.54, 1.807) is 0 Å². The Bertz CT molecular complexity index is 129. The molecule has 0 aromatic carbocycles. The first-order valence-electron chi connectivity index (χ1n) is 3.12. The SMILES string of the molecule is N=C(N)CC1(CO)CC1. The average Bonchev–Trinajstić information content (AvgIpc) is 2.48. The lowest BCUT2D eigenvalue weighted by molar-refractivity contribution is 0.216. The summed E-state index contributed by atoms with van der Waals surface area (Å²) in [4.78, 5) is 0. The maximum absolute atomic E-state index is 8.75. The van der Waals surface area contributed by atoms with Crippen molar-refractivity contribution >= 4 is 5.84 Å². The van der Waals surface area contributed by atoms with Crippen LogP contribution in [0.5, 0.6) is 0 Å². The molecule has 0 spiro atoms. The van der Waals surface area contributed by atoms with E-state index in [0.717, 1.165) is 12.8 Å². The maximum atomic E-state index is 8.75. The van der Waals surface area contributed by atoms with Crippen LogP contribution in [0.15, 0.2) is 0 Å². The standard InChI is InChI=1S/C6H12N2O/c7-5(8)3-6(4-9)1-2-6/h9H,1-4H2,(H3,7,8). The van der Waals surface area contributed by atoms with Gasteiger partial charge in [0.15, 0.2) is 0 Å². The van der Waals surface area contributed by atoms with E-state index < -0.39 is 0 Å². The molecule has 4 N–H and O–H groups in total. The zero-order valence-electron chi connectivity index (χ0n) is 5.35. The lowest BCUT2D eigenvalue weighted by Crippen LogP contribution is -2.18. The maximum Gasteiger partial charge on any atom is 0.0911 e. The topological polar surface area (TPSA) is 70.1 Å². The van der Waals surface area contributed by atoms with Crippen LogP contribution in [0.4, 0.5) is 0 Å². The van der Waals surface area contributed by atoms with Crippen LogP contribution in [0.2, 0.25) is 0 Å². The number of hydrogen-bond acceptors (Lipinski definition) is 2. The van der Waals surface area contributed by atoms with Crippen molar-refractivity contribution in [3.63, 3.8) is 0 Å². The Kier molecular flexibility index (Phi) is 1.45. The quantitative estimate of drug-likeness (QED) is 0.372. The largest absolute Gasteiger partial charge is 0.396 e. The van der Waals surface area contributed by atoms with Crippen molar-refractivity contribution in [1.82, 2.24) is 0 Å². The van der Waals surface area contributed by atoms with E-state index in [1.165, 1.54) is 0 Å². The Morgan fingerprint density at radius 3 is 2.33 bits per heavy atom. The highest BCUT2D eigenvalue weighted by atomic mass is 16.3. The number of nitrogens with two attached hydrogens (primary N) is 1. The van der Waals surface area contributed by atoms with Gasteiger partial charge in [-0.2, -0.15) is 0 Å². The highest BCUT2D eigenvalue weighted by Crippen LogP contribution is 2.47. The van der Waals surface area contributed by atoms with Crippen molar-refractivity contribution in [3.8, 4) is 0 Å².